The summed E-state index contributed by atoms with van der Waals surface area (Å²) in [5.41, 5.74) is -0.156. The van der Waals surface area contributed by atoms with Crippen molar-refractivity contribution < 1.29 is 23.9 Å². The fourth-order valence-corrected chi connectivity index (χ4v) is 1.68. The number of carbonyl (C=O) groups excluding carboxylic acids is 1. The van der Waals surface area contributed by atoms with Crippen LogP contribution in [0.3, 0.4) is 0 Å². The Bertz CT molecular complexity index is 501. The zero-order valence-corrected chi connectivity index (χ0v) is 12.1. The summed E-state index contributed by atoms with van der Waals surface area (Å²) in [4.78, 5) is 22.5. The van der Waals surface area contributed by atoms with Crippen molar-refractivity contribution in [2.24, 2.45) is 0 Å². The molecule has 8 nitrogen and oxygen atoms in total. The number of carbonyl (C=O) groups is 1. The van der Waals surface area contributed by atoms with Gasteiger partial charge in [0.05, 0.1) is 23.6 Å². The number of hydrogen-bond acceptors (Lipinski definition) is 6. The molecule has 0 unspecified atom stereocenters. The van der Waals surface area contributed by atoms with Gasteiger partial charge in [-0.1, -0.05) is 6.07 Å². The molecule has 1 aromatic rings. The van der Waals surface area contributed by atoms with Crippen LogP contribution in [0, 0.1) is 10.1 Å². The third-order valence-corrected chi connectivity index (χ3v) is 2.68. The number of nitro benzene ring substituents is 1. The van der Waals surface area contributed by atoms with Crippen LogP contribution in [0.2, 0.25) is 0 Å². The Labute approximate surface area is 122 Å². The first kappa shape index (κ1) is 16.9. The molecule has 0 aliphatic heterocycles. The number of methoxy groups -OCH3 is 2. The molecule has 0 saturated heterocycles. The van der Waals surface area contributed by atoms with E-state index in [4.69, 9.17) is 14.2 Å². The molecule has 0 fully saturated rings. The van der Waals surface area contributed by atoms with Crippen molar-refractivity contribution in [2.45, 2.75) is 13.2 Å². The molecule has 0 saturated carbocycles. The summed E-state index contributed by atoms with van der Waals surface area (Å²) in [6.07, 6.45) is -0.594. The average molecular weight is 298 g/mol. The number of amides is 1. The van der Waals surface area contributed by atoms with Crippen molar-refractivity contribution in [1.82, 2.24) is 5.32 Å². The van der Waals surface area contributed by atoms with Gasteiger partial charge in [0, 0.05) is 20.3 Å². The Hall–Kier alpha value is -2.19. The molecule has 116 valence electrons. The molecular weight excluding hydrogens is 280 g/mol. The summed E-state index contributed by atoms with van der Waals surface area (Å²) in [6.45, 7) is 2.01. The van der Waals surface area contributed by atoms with Crippen LogP contribution in [-0.2, 0) is 9.47 Å². The number of nitrogens with one attached hydrogen (secondary N) is 1. The van der Waals surface area contributed by atoms with Crippen molar-refractivity contribution >= 4 is 11.6 Å². The van der Waals surface area contributed by atoms with E-state index in [9.17, 15) is 14.9 Å². The van der Waals surface area contributed by atoms with E-state index in [1.54, 1.807) is 6.92 Å². The van der Waals surface area contributed by atoms with Crippen molar-refractivity contribution in [3.05, 3.63) is 33.9 Å². The molecule has 1 aromatic carbocycles. The van der Waals surface area contributed by atoms with Crippen molar-refractivity contribution in [1.29, 1.82) is 0 Å². The van der Waals surface area contributed by atoms with Crippen LogP contribution >= 0.6 is 0 Å². The predicted octanol–water partition coefficient (Wildman–Crippen LogP) is 1.34. The van der Waals surface area contributed by atoms with Gasteiger partial charge in [0.15, 0.2) is 6.29 Å². The summed E-state index contributed by atoms with van der Waals surface area (Å²) in [5, 5.41) is 13.6. The van der Waals surface area contributed by atoms with Crippen LogP contribution in [0.4, 0.5) is 5.69 Å². The van der Waals surface area contributed by atoms with Gasteiger partial charge in [0.1, 0.15) is 0 Å². The lowest BCUT2D eigenvalue weighted by Crippen LogP contribution is -2.34. The van der Waals surface area contributed by atoms with E-state index in [0.29, 0.717) is 0 Å². The van der Waals surface area contributed by atoms with Crippen LogP contribution in [0.15, 0.2) is 18.2 Å². The lowest BCUT2D eigenvalue weighted by Gasteiger charge is -2.15. The molecule has 8 heteroatoms. The molecule has 1 amide bonds. The normalized spacial score (nSPS) is 10.5. The van der Waals surface area contributed by atoms with Crippen LogP contribution < -0.4 is 10.1 Å². The number of nitrogens with zero attached hydrogens (tertiary/aromatic N) is 1. The monoisotopic (exact) mass is 298 g/mol. The minimum Gasteiger partial charge on any atom is -0.487 e. The van der Waals surface area contributed by atoms with E-state index in [1.165, 1.54) is 32.4 Å². The summed E-state index contributed by atoms with van der Waals surface area (Å²) < 4.78 is 15.1. The Balaban J connectivity index is 2.97. The highest BCUT2D eigenvalue weighted by Gasteiger charge is 2.23. The van der Waals surface area contributed by atoms with Crippen molar-refractivity contribution in [3.8, 4) is 5.75 Å². The molecule has 1 N–H and O–H groups in total. The largest absolute Gasteiger partial charge is 0.487 e. The van der Waals surface area contributed by atoms with Crippen molar-refractivity contribution in [3.63, 3.8) is 0 Å². The van der Waals surface area contributed by atoms with Crippen LogP contribution in [0.5, 0.6) is 5.75 Å². The maximum atomic E-state index is 12.1. The van der Waals surface area contributed by atoms with Gasteiger partial charge in [-0.05, 0) is 13.0 Å². The number of ether oxygens (including phenoxy) is 3. The summed E-state index contributed by atoms with van der Waals surface area (Å²) in [5.74, 6) is -0.546. The lowest BCUT2D eigenvalue weighted by atomic mass is 10.1. The highest BCUT2D eigenvalue weighted by atomic mass is 16.7. The van der Waals surface area contributed by atoms with Gasteiger partial charge in [0.2, 0.25) is 5.75 Å². The molecule has 21 heavy (non-hydrogen) atoms. The fraction of sp³-hybridized carbons (Fsp3) is 0.462. The number of benzene rings is 1. The number of nitro groups is 1. The molecule has 1 rings (SSSR count). The number of para-hydroxylation sites is 1. The zero-order chi connectivity index (χ0) is 15.8. The van der Waals surface area contributed by atoms with Gasteiger partial charge in [-0.3, -0.25) is 14.9 Å². The molecule has 0 radical (unpaired) electrons. The smallest absolute Gasteiger partial charge is 0.311 e. The molecule has 0 aliphatic rings. The minimum atomic E-state index is -0.594. The Morgan fingerprint density at radius 2 is 2.05 bits per heavy atom. The second-order valence-corrected chi connectivity index (χ2v) is 3.95. The SMILES string of the molecule is CCOc1c(C(=O)NCC(OC)OC)cccc1[N+](=O)[O-]. The van der Waals surface area contributed by atoms with E-state index in [-0.39, 0.29) is 30.2 Å². The third kappa shape index (κ3) is 4.40. The topological polar surface area (TPSA) is 99.9 Å². The minimum absolute atomic E-state index is 0.0473. The third-order valence-electron chi connectivity index (χ3n) is 2.68. The van der Waals surface area contributed by atoms with Gasteiger partial charge in [-0.15, -0.1) is 0 Å². The van der Waals surface area contributed by atoms with Gasteiger partial charge in [-0.25, -0.2) is 0 Å². The first-order chi connectivity index (χ1) is 10.0. The molecule has 0 aliphatic carbocycles. The van der Waals surface area contributed by atoms with E-state index < -0.39 is 17.1 Å². The zero-order valence-electron chi connectivity index (χ0n) is 12.1. The van der Waals surface area contributed by atoms with E-state index in [0.717, 1.165) is 0 Å². The molecule has 0 bridgehead atoms. The fourth-order valence-electron chi connectivity index (χ4n) is 1.68. The second-order valence-electron chi connectivity index (χ2n) is 3.95. The summed E-state index contributed by atoms with van der Waals surface area (Å²) >= 11 is 0. The summed E-state index contributed by atoms with van der Waals surface area (Å²) in [6, 6.07) is 4.18. The Kier molecular flexibility index (Phi) is 6.57. The van der Waals surface area contributed by atoms with Gasteiger partial charge in [-0.2, -0.15) is 0 Å². The quantitative estimate of drug-likeness (QED) is 0.441. The molecule has 0 aromatic heterocycles. The second kappa shape index (κ2) is 8.18. The average Bonchev–Trinajstić information content (AvgIpc) is 2.48. The molecular formula is C13H18N2O6. The predicted molar refractivity (Wildman–Crippen MR) is 74.4 cm³/mol. The van der Waals surface area contributed by atoms with E-state index in [1.807, 2.05) is 0 Å². The molecule has 0 spiro atoms. The Morgan fingerprint density at radius 3 is 2.57 bits per heavy atom. The Morgan fingerprint density at radius 1 is 1.38 bits per heavy atom. The number of hydrogen-bond donors (Lipinski definition) is 1. The summed E-state index contributed by atoms with van der Waals surface area (Å²) in [7, 11) is 2.89. The number of rotatable bonds is 8. The maximum Gasteiger partial charge on any atom is 0.311 e. The molecule has 0 atom stereocenters. The van der Waals surface area contributed by atoms with Crippen LogP contribution in [0.25, 0.3) is 0 Å². The van der Waals surface area contributed by atoms with E-state index >= 15 is 0 Å². The first-order valence-corrected chi connectivity index (χ1v) is 6.29. The van der Waals surface area contributed by atoms with Gasteiger partial charge in [0.25, 0.3) is 5.91 Å². The first-order valence-electron chi connectivity index (χ1n) is 6.29. The maximum absolute atomic E-state index is 12.1. The highest BCUT2D eigenvalue weighted by molar-refractivity contribution is 5.98. The van der Waals surface area contributed by atoms with E-state index in [2.05, 4.69) is 5.32 Å². The van der Waals surface area contributed by atoms with Crippen LogP contribution in [0.1, 0.15) is 17.3 Å². The lowest BCUT2D eigenvalue weighted by molar-refractivity contribution is -0.385. The van der Waals surface area contributed by atoms with Crippen LogP contribution in [-0.4, -0.2) is 44.5 Å². The molecule has 0 heterocycles. The van der Waals surface area contributed by atoms with Gasteiger partial charge >= 0.3 is 5.69 Å². The standard InChI is InChI=1S/C13H18N2O6/c1-4-21-12-9(6-5-7-10(12)15(17)18)13(16)14-8-11(19-2)20-3/h5-7,11H,4,8H2,1-3H3,(H,14,16). The van der Waals surface area contributed by atoms with Crippen molar-refractivity contribution in [2.75, 3.05) is 27.4 Å². The highest BCUT2D eigenvalue weighted by Crippen LogP contribution is 2.30. The van der Waals surface area contributed by atoms with Gasteiger partial charge < -0.3 is 19.5 Å².